The molecule has 0 radical (unpaired) electrons. The van der Waals surface area contributed by atoms with E-state index in [1.54, 1.807) is 18.2 Å². The van der Waals surface area contributed by atoms with Gasteiger partial charge in [0.1, 0.15) is 11.6 Å². The van der Waals surface area contributed by atoms with Crippen LogP contribution in [0.5, 0.6) is 0 Å². The molecule has 3 rings (SSSR count). The van der Waals surface area contributed by atoms with Crippen molar-refractivity contribution in [1.82, 2.24) is 4.57 Å². The zero-order valence-corrected chi connectivity index (χ0v) is 14.8. The summed E-state index contributed by atoms with van der Waals surface area (Å²) in [6, 6.07) is 22.6. The number of amides is 1. The largest absolute Gasteiger partial charge is 0.321 e. The summed E-state index contributed by atoms with van der Waals surface area (Å²) in [5.41, 5.74) is 2.39. The van der Waals surface area contributed by atoms with Crippen molar-refractivity contribution >= 4 is 33.6 Å². The van der Waals surface area contributed by atoms with Gasteiger partial charge in [-0.2, -0.15) is 5.26 Å². The van der Waals surface area contributed by atoms with Crippen molar-refractivity contribution in [2.75, 3.05) is 5.32 Å². The Morgan fingerprint density at radius 1 is 1.04 bits per heavy atom. The topological polar surface area (TPSA) is 57.8 Å². The highest BCUT2D eigenvalue weighted by atomic mass is 79.9. The summed E-state index contributed by atoms with van der Waals surface area (Å²) in [6.45, 7) is 0. The molecule has 1 heterocycles. The van der Waals surface area contributed by atoms with Crippen LogP contribution >= 0.6 is 15.9 Å². The Balaban J connectivity index is 1.88. The highest BCUT2D eigenvalue weighted by molar-refractivity contribution is 9.10. The van der Waals surface area contributed by atoms with Crippen LogP contribution in [-0.4, -0.2) is 10.5 Å². The summed E-state index contributed by atoms with van der Waals surface area (Å²) >= 11 is 3.41. The van der Waals surface area contributed by atoms with E-state index in [1.165, 1.54) is 0 Å². The van der Waals surface area contributed by atoms with Gasteiger partial charge in [0.15, 0.2) is 0 Å². The third-order valence-electron chi connectivity index (χ3n) is 3.57. The second kappa shape index (κ2) is 7.65. The smallest absolute Gasteiger partial charge is 0.266 e. The Morgan fingerprint density at radius 3 is 2.44 bits per heavy atom. The van der Waals surface area contributed by atoms with E-state index in [1.807, 2.05) is 71.4 Å². The molecule has 0 saturated carbocycles. The minimum atomic E-state index is -0.433. The third kappa shape index (κ3) is 4.06. The van der Waals surface area contributed by atoms with E-state index in [4.69, 9.17) is 0 Å². The van der Waals surface area contributed by atoms with E-state index in [9.17, 15) is 10.1 Å². The van der Waals surface area contributed by atoms with Crippen LogP contribution in [-0.2, 0) is 4.79 Å². The van der Waals surface area contributed by atoms with Crippen LogP contribution in [0.2, 0.25) is 0 Å². The third-order valence-corrected chi connectivity index (χ3v) is 4.10. The van der Waals surface area contributed by atoms with Gasteiger partial charge in [0.25, 0.3) is 5.91 Å². The number of hydrogen-bond donors (Lipinski definition) is 1. The first kappa shape index (κ1) is 16.7. The zero-order valence-electron chi connectivity index (χ0n) is 13.2. The van der Waals surface area contributed by atoms with E-state index in [-0.39, 0.29) is 5.57 Å². The highest BCUT2D eigenvalue weighted by Crippen LogP contribution is 2.19. The second-order valence-corrected chi connectivity index (χ2v) is 6.19. The molecule has 0 spiro atoms. The molecule has 2 aromatic carbocycles. The standard InChI is InChI=1S/C20H14BrN3O/c21-16-8-10-18(11-9-16)24-12-4-7-19(24)13-15(14-22)20(25)23-17-5-2-1-3-6-17/h1-13H,(H,23,25)/b15-13-. The lowest BCUT2D eigenvalue weighted by Crippen LogP contribution is -2.13. The van der Waals surface area contributed by atoms with Crippen LogP contribution in [0, 0.1) is 11.3 Å². The molecule has 0 aliphatic heterocycles. The van der Waals surface area contributed by atoms with E-state index >= 15 is 0 Å². The number of carbonyl (C=O) groups excluding carboxylic acids is 1. The van der Waals surface area contributed by atoms with Gasteiger partial charge in [-0.25, -0.2) is 0 Å². The summed E-state index contributed by atoms with van der Waals surface area (Å²) in [7, 11) is 0. The number of nitrogens with one attached hydrogen (secondary N) is 1. The fourth-order valence-corrected chi connectivity index (χ4v) is 2.63. The summed E-state index contributed by atoms with van der Waals surface area (Å²) in [5.74, 6) is -0.433. The Kier molecular flexibility index (Phi) is 5.12. The monoisotopic (exact) mass is 391 g/mol. The van der Waals surface area contributed by atoms with Crippen molar-refractivity contribution in [3.63, 3.8) is 0 Å². The number of hydrogen-bond acceptors (Lipinski definition) is 2. The first-order chi connectivity index (χ1) is 12.2. The number of nitriles is 1. The number of benzene rings is 2. The molecular weight excluding hydrogens is 378 g/mol. The highest BCUT2D eigenvalue weighted by Gasteiger charge is 2.11. The molecule has 0 aliphatic rings. The lowest BCUT2D eigenvalue weighted by atomic mass is 10.2. The fraction of sp³-hybridized carbons (Fsp3) is 0. The molecule has 1 amide bonds. The number of para-hydroxylation sites is 1. The lowest BCUT2D eigenvalue weighted by Gasteiger charge is -2.08. The molecule has 25 heavy (non-hydrogen) atoms. The van der Waals surface area contributed by atoms with Gasteiger partial charge >= 0.3 is 0 Å². The number of halogens is 1. The summed E-state index contributed by atoms with van der Waals surface area (Å²) < 4.78 is 2.90. The predicted octanol–water partition coefficient (Wildman–Crippen LogP) is 4.79. The van der Waals surface area contributed by atoms with Crippen LogP contribution in [0.15, 0.2) is 83.0 Å². The molecule has 0 unspecified atom stereocenters. The summed E-state index contributed by atoms with van der Waals surface area (Å²) in [6.07, 6.45) is 3.47. The molecule has 0 fully saturated rings. The summed E-state index contributed by atoms with van der Waals surface area (Å²) in [5, 5.41) is 12.1. The van der Waals surface area contributed by atoms with Crippen molar-refractivity contribution in [2.24, 2.45) is 0 Å². The van der Waals surface area contributed by atoms with E-state index in [2.05, 4.69) is 21.2 Å². The van der Waals surface area contributed by atoms with E-state index in [0.717, 1.165) is 15.9 Å². The van der Waals surface area contributed by atoms with Crippen molar-refractivity contribution in [3.8, 4) is 11.8 Å². The van der Waals surface area contributed by atoms with Gasteiger partial charge in [0, 0.05) is 27.7 Å². The Morgan fingerprint density at radius 2 is 1.76 bits per heavy atom. The molecule has 1 N–H and O–H groups in total. The average Bonchev–Trinajstić information content (AvgIpc) is 3.09. The molecule has 0 saturated heterocycles. The average molecular weight is 392 g/mol. The van der Waals surface area contributed by atoms with Crippen LogP contribution in [0.1, 0.15) is 5.69 Å². The molecule has 122 valence electrons. The molecule has 5 heteroatoms. The maximum atomic E-state index is 12.3. The zero-order chi connectivity index (χ0) is 17.6. The molecular formula is C20H14BrN3O. The molecule has 0 atom stereocenters. The molecule has 0 bridgehead atoms. The minimum absolute atomic E-state index is 0.0425. The maximum absolute atomic E-state index is 12.3. The van der Waals surface area contributed by atoms with Crippen LogP contribution in [0.25, 0.3) is 11.8 Å². The molecule has 3 aromatic rings. The molecule has 1 aromatic heterocycles. The number of carbonyl (C=O) groups is 1. The SMILES string of the molecule is N#C/C(=C/c1cccn1-c1ccc(Br)cc1)C(=O)Nc1ccccc1. The first-order valence-electron chi connectivity index (χ1n) is 7.59. The van der Waals surface area contributed by atoms with E-state index < -0.39 is 5.91 Å². The van der Waals surface area contributed by atoms with Crippen molar-refractivity contribution < 1.29 is 4.79 Å². The van der Waals surface area contributed by atoms with Crippen molar-refractivity contribution in [1.29, 1.82) is 5.26 Å². The van der Waals surface area contributed by atoms with Gasteiger partial charge in [-0.1, -0.05) is 34.1 Å². The van der Waals surface area contributed by atoms with Gasteiger partial charge in [0.05, 0.1) is 0 Å². The maximum Gasteiger partial charge on any atom is 0.266 e. The molecule has 4 nitrogen and oxygen atoms in total. The quantitative estimate of drug-likeness (QED) is 0.513. The number of aromatic nitrogens is 1. The lowest BCUT2D eigenvalue weighted by molar-refractivity contribution is -0.112. The van der Waals surface area contributed by atoms with Gasteiger partial charge in [-0.05, 0) is 54.6 Å². The van der Waals surface area contributed by atoms with Crippen LogP contribution in [0.4, 0.5) is 5.69 Å². The minimum Gasteiger partial charge on any atom is -0.321 e. The number of rotatable bonds is 4. The molecule has 0 aliphatic carbocycles. The summed E-state index contributed by atoms with van der Waals surface area (Å²) in [4.78, 5) is 12.3. The predicted molar refractivity (Wildman–Crippen MR) is 102 cm³/mol. The van der Waals surface area contributed by atoms with Crippen molar-refractivity contribution in [2.45, 2.75) is 0 Å². The van der Waals surface area contributed by atoms with Gasteiger partial charge in [0.2, 0.25) is 0 Å². The number of nitrogens with zero attached hydrogens (tertiary/aromatic N) is 2. The van der Waals surface area contributed by atoms with Crippen LogP contribution < -0.4 is 5.32 Å². The Bertz CT molecular complexity index is 951. The first-order valence-corrected chi connectivity index (χ1v) is 8.38. The Hall–Kier alpha value is -3.10. The van der Waals surface area contributed by atoms with Gasteiger partial charge in [-0.15, -0.1) is 0 Å². The fourth-order valence-electron chi connectivity index (χ4n) is 2.36. The van der Waals surface area contributed by atoms with E-state index in [0.29, 0.717) is 5.69 Å². The normalized spacial score (nSPS) is 11.0. The van der Waals surface area contributed by atoms with Crippen molar-refractivity contribution in [3.05, 3.63) is 88.7 Å². The number of anilines is 1. The van der Waals surface area contributed by atoms with Crippen LogP contribution in [0.3, 0.4) is 0 Å². The van der Waals surface area contributed by atoms with Gasteiger partial charge < -0.3 is 9.88 Å². The van der Waals surface area contributed by atoms with Gasteiger partial charge in [-0.3, -0.25) is 4.79 Å². The second-order valence-electron chi connectivity index (χ2n) is 5.27. The Labute approximate surface area is 154 Å².